The summed E-state index contributed by atoms with van der Waals surface area (Å²) in [6.45, 7) is 1.62. The van der Waals surface area contributed by atoms with E-state index in [0.717, 1.165) is 0 Å². The van der Waals surface area contributed by atoms with Crippen LogP contribution in [0.5, 0.6) is 11.5 Å². The van der Waals surface area contributed by atoms with Crippen molar-refractivity contribution in [3.8, 4) is 11.5 Å². The summed E-state index contributed by atoms with van der Waals surface area (Å²) in [5.74, 6) is -0.722. The van der Waals surface area contributed by atoms with Gasteiger partial charge in [0.05, 0.1) is 13.0 Å². The van der Waals surface area contributed by atoms with E-state index in [0.29, 0.717) is 5.69 Å². The Morgan fingerprint density at radius 3 is 2.50 bits per heavy atom. The largest absolute Gasteiger partial charge is 0.573 e. The quantitative estimate of drug-likeness (QED) is 0.778. The van der Waals surface area contributed by atoms with Crippen molar-refractivity contribution in [3.05, 3.63) is 17.5 Å². The van der Waals surface area contributed by atoms with Gasteiger partial charge in [-0.15, -0.1) is 24.8 Å². The maximum atomic E-state index is 12.1. The van der Waals surface area contributed by atoms with E-state index in [-0.39, 0.29) is 17.3 Å². The first-order valence-corrected chi connectivity index (χ1v) is 4.77. The van der Waals surface area contributed by atoms with Crippen LogP contribution in [0.3, 0.4) is 0 Å². The van der Waals surface area contributed by atoms with Crippen LogP contribution < -0.4 is 9.47 Å². The fraction of sp³-hybridized carbons (Fsp3) is 0.444. The molecule has 0 aliphatic rings. The Hall–Kier alpha value is -1.17. The molecule has 0 unspecified atom stereocenters. The first kappa shape index (κ1) is 12.9. The average molecular weight is 256 g/mol. The molecule has 0 saturated heterocycles. The van der Waals surface area contributed by atoms with Crippen molar-refractivity contribution in [2.45, 2.75) is 19.2 Å². The van der Waals surface area contributed by atoms with Gasteiger partial charge in [0.25, 0.3) is 0 Å². The third-order valence-electron chi connectivity index (χ3n) is 1.70. The van der Waals surface area contributed by atoms with Gasteiger partial charge >= 0.3 is 6.36 Å². The number of alkyl halides is 4. The third kappa shape index (κ3) is 3.16. The summed E-state index contributed by atoms with van der Waals surface area (Å²) in [5, 5.41) is 0. The summed E-state index contributed by atoms with van der Waals surface area (Å²) < 4.78 is 45.0. The van der Waals surface area contributed by atoms with Gasteiger partial charge in [-0.1, -0.05) is 0 Å². The molecule has 0 fully saturated rings. The van der Waals surface area contributed by atoms with Crippen LogP contribution >= 0.6 is 11.6 Å². The van der Waals surface area contributed by atoms with E-state index in [1.807, 2.05) is 0 Å². The molecule has 0 atom stereocenters. The maximum Gasteiger partial charge on any atom is 0.573 e. The molecule has 0 saturated carbocycles. The Kier molecular flexibility index (Phi) is 3.85. The van der Waals surface area contributed by atoms with E-state index in [1.165, 1.54) is 13.2 Å². The van der Waals surface area contributed by atoms with Crippen LogP contribution in [-0.2, 0) is 5.88 Å². The number of rotatable bonds is 3. The van der Waals surface area contributed by atoms with Crippen LogP contribution in [0.1, 0.15) is 11.4 Å². The molecular formula is C9H9ClF3NO2. The molecule has 0 aliphatic carbocycles. The van der Waals surface area contributed by atoms with Gasteiger partial charge in [0.1, 0.15) is 5.69 Å². The van der Waals surface area contributed by atoms with Crippen molar-refractivity contribution in [3.63, 3.8) is 0 Å². The number of hydrogen-bond donors (Lipinski definition) is 0. The normalized spacial score (nSPS) is 11.4. The zero-order valence-electron chi connectivity index (χ0n) is 8.56. The number of methoxy groups -OCH3 is 1. The second-order valence-electron chi connectivity index (χ2n) is 2.92. The van der Waals surface area contributed by atoms with Gasteiger partial charge < -0.3 is 9.47 Å². The first-order chi connectivity index (χ1) is 7.37. The Bertz CT molecular complexity index is 357. The minimum Gasteiger partial charge on any atom is -0.493 e. The molecule has 0 radical (unpaired) electrons. The summed E-state index contributed by atoms with van der Waals surface area (Å²) in [6.07, 6.45) is -4.80. The Morgan fingerprint density at radius 1 is 1.44 bits per heavy atom. The number of aryl methyl sites for hydroxylation is 1. The molecule has 1 aromatic rings. The van der Waals surface area contributed by atoms with E-state index < -0.39 is 12.1 Å². The lowest BCUT2D eigenvalue weighted by atomic mass is 10.3. The van der Waals surface area contributed by atoms with Gasteiger partial charge in [-0.05, 0) is 6.92 Å². The van der Waals surface area contributed by atoms with Crippen molar-refractivity contribution in [1.29, 1.82) is 0 Å². The number of halogens is 4. The lowest BCUT2D eigenvalue weighted by molar-refractivity contribution is -0.275. The standard InChI is InChI=1S/C9H9ClF3NO2/c1-5-3-7(15-2)8(6(4-10)14-5)16-9(11,12)13/h3H,4H2,1-2H3. The summed E-state index contributed by atoms with van der Waals surface area (Å²) in [4.78, 5) is 3.85. The van der Waals surface area contributed by atoms with Crippen molar-refractivity contribution < 1.29 is 22.6 Å². The molecular weight excluding hydrogens is 247 g/mol. The van der Waals surface area contributed by atoms with Crippen LogP contribution in [-0.4, -0.2) is 18.5 Å². The molecule has 7 heteroatoms. The van der Waals surface area contributed by atoms with E-state index in [4.69, 9.17) is 16.3 Å². The van der Waals surface area contributed by atoms with Crippen LogP contribution in [0.4, 0.5) is 13.2 Å². The van der Waals surface area contributed by atoms with E-state index in [2.05, 4.69) is 9.72 Å². The van der Waals surface area contributed by atoms with Gasteiger partial charge in [0.2, 0.25) is 0 Å². The third-order valence-corrected chi connectivity index (χ3v) is 1.95. The molecule has 0 bridgehead atoms. The zero-order chi connectivity index (χ0) is 12.3. The second-order valence-corrected chi connectivity index (χ2v) is 3.19. The molecule has 0 aromatic carbocycles. The Labute approximate surface area is 95.1 Å². The molecule has 0 spiro atoms. The molecule has 0 amide bonds. The number of ether oxygens (including phenoxy) is 2. The molecule has 1 rings (SSSR count). The van der Waals surface area contributed by atoms with Crippen molar-refractivity contribution >= 4 is 11.6 Å². The fourth-order valence-corrected chi connectivity index (χ4v) is 1.34. The van der Waals surface area contributed by atoms with Gasteiger partial charge in [-0.25, -0.2) is 0 Å². The molecule has 90 valence electrons. The zero-order valence-corrected chi connectivity index (χ0v) is 9.32. The van der Waals surface area contributed by atoms with E-state index in [9.17, 15) is 13.2 Å². The monoisotopic (exact) mass is 255 g/mol. The lowest BCUT2D eigenvalue weighted by Crippen LogP contribution is -2.19. The predicted molar refractivity (Wildman–Crippen MR) is 51.8 cm³/mol. The molecule has 3 nitrogen and oxygen atoms in total. The number of hydrogen-bond acceptors (Lipinski definition) is 3. The maximum absolute atomic E-state index is 12.1. The topological polar surface area (TPSA) is 31.4 Å². The Morgan fingerprint density at radius 2 is 2.06 bits per heavy atom. The Balaban J connectivity index is 3.22. The van der Waals surface area contributed by atoms with Gasteiger partial charge in [-0.3, -0.25) is 4.98 Å². The number of aromatic nitrogens is 1. The lowest BCUT2D eigenvalue weighted by Gasteiger charge is -2.15. The summed E-state index contributed by atoms with van der Waals surface area (Å²) in [6, 6.07) is 1.34. The highest BCUT2D eigenvalue weighted by molar-refractivity contribution is 6.17. The van der Waals surface area contributed by atoms with Crippen molar-refractivity contribution in [2.24, 2.45) is 0 Å². The van der Waals surface area contributed by atoms with E-state index >= 15 is 0 Å². The number of nitrogens with zero attached hydrogens (tertiary/aromatic N) is 1. The van der Waals surface area contributed by atoms with Crippen LogP contribution in [0.2, 0.25) is 0 Å². The van der Waals surface area contributed by atoms with Gasteiger partial charge in [0.15, 0.2) is 11.5 Å². The van der Waals surface area contributed by atoms with Gasteiger partial charge in [-0.2, -0.15) is 0 Å². The highest BCUT2D eigenvalue weighted by Gasteiger charge is 2.34. The van der Waals surface area contributed by atoms with E-state index in [1.54, 1.807) is 6.92 Å². The first-order valence-electron chi connectivity index (χ1n) is 4.23. The highest BCUT2D eigenvalue weighted by Crippen LogP contribution is 2.35. The van der Waals surface area contributed by atoms with Crippen molar-refractivity contribution in [1.82, 2.24) is 4.98 Å². The van der Waals surface area contributed by atoms with Crippen LogP contribution in [0.25, 0.3) is 0 Å². The molecule has 1 aromatic heterocycles. The SMILES string of the molecule is COc1cc(C)nc(CCl)c1OC(F)(F)F. The molecule has 0 N–H and O–H groups in total. The average Bonchev–Trinajstić information content (AvgIpc) is 2.18. The molecule has 0 aliphatic heterocycles. The summed E-state index contributed by atoms with van der Waals surface area (Å²) >= 11 is 5.50. The smallest absolute Gasteiger partial charge is 0.493 e. The molecule has 16 heavy (non-hydrogen) atoms. The second kappa shape index (κ2) is 4.78. The molecule has 1 heterocycles. The highest BCUT2D eigenvalue weighted by atomic mass is 35.5. The summed E-state index contributed by atoms with van der Waals surface area (Å²) in [5.41, 5.74) is 0.498. The summed E-state index contributed by atoms with van der Waals surface area (Å²) in [7, 11) is 1.25. The minimum absolute atomic E-state index is 0.00385. The van der Waals surface area contributed by atoms with Crippen LogP contribution in [0.15, 0.2) is 6.07 Å². The predicted octanol–water partition coefficient (Wildman–Crippen LogP) is 3.04. The van der Waals surface area contributed by atoms with Crippen LogP contribution in [0, 0.1) is 6.92 Å². The van der Waals surface area contributed by atoms with Crippen molar-refractivity contribution in [2.75, 3.05) is 7.11 Å². The van der Waals surface area contributed by atoms with Gasteiger partial charge in [0, 0.05) is 11.8 Å². The number of pyridine rings is 1. The fourth-order valence-electron chi connectivity index (χ4n) is 1.16. The minimum atomic E-state index is -4.80.